The van der Waals surface area contributed by atoms with Gasteiger partial charge in [-0.3, -0.25) is 14.0 Å². The van der Waals surface area contributed by atoms with Gasteiger partial charge in [-0.05, 0) is 38.8 Å². The molecule has 0 aromatic carbocycles. The predicted molar refractivity (Wildman–Crippen MR) is 96.3 cm³/mol. The molecule has 1 fully saturated rings. The van der Waals surface area contributed by atoms with Crippen LogP contribution in [0, 0.1) is 0 Å². The van der Waals surface area contributed by atoms with Crippen molar-refractivity contribution in [1.29, 1.82) is 0 Å². The van der Waals surface area contributed by atoms with E-state index in [1.165, 1.54) is 11.3 Å². The minimum Gasteiger partial charge on any atom is -0.382 e. The molecule has 1 saturated carbocycles. The Bertz CT molecular complexity index is 1060. The zero-order chi connectivity index (χ0) is 17.9. The Hall–Kier alpha value is -1.90. The molecule has 9 heteroatoms. The molecule has 2 N–H and O–H groups in total. The van der Waals surface area contributed by atoms with E-state index in [0.29, 0.717) is 9.85 Å². The number of hydrogen-bond donors (Lipinski definition) is 2. The maximum Gasteiger partial charge on any atom is 0.291 e. The number of carbonyl (C=O) groups excluding carboxylic acids is 1. The summed E-state index contributed by atoms with van der Waals surface area (Å²) < 4.78 is 4.16. The molecule has 3 heterocycles. The van der Waals surface area contributed by atoms with Gasteiger partial charge in [0.1, 0.15) is 17.7 Å². The second kappa shape index (κ2) is 5.55. The molecule has 4 rings (SSSR count). The summed E-state index contributed by atoms with van der Waals surface area (Å²) in [6.45, 7) is 3.01. The number of halogens is 1. The average molecular weight is 381 g/mol. The SMILES string of the molecule is CC(C)(O)c1nn(CC(=O)NC2CC2)c(=O)c2cc3sc(Cl)cc3n12. The van der Waals surface area contributed by atoms with Crippen LogP contribution in [0.1, 0.15) is 32.5 Å². The third-order valence-corrected chi connectivity index (χ3v) is 5.32. The van der Waals surface area contributed by atoms with Crippen molar-refractivity contribution in [3.63, 3.8) is 0 Å². The maximum absolute atomic E-state index is 12.8. The zero-order valence-corrected chi connectivity index (χ0v) is 15.3. The molecule has 7 nitrogen and oxygen atoms in total. The Balaban J connectivity index is 1.91. The fourth-order valence-corrected chi connectivity index (χ4v) is 3.98. The number of carbonyl (C=O) groups is 1. The van der Waals surface area contributed by atoms with Gasteiger partial charge in [-0.2, -0.15) is 5.10 Å². The lowest BCUT2D eigenvalue weighted by atomic mass is 10.1. The van der Waals surface area contributed by atoms with E-state index >= 15 is 0 Å². The molecule has 0 bridgehead atoms. The van der Waals surface area contributed by atoms with Gasteiger partial charge in [-0.1, -0.05) is 11.6 Å². The summed E-state index contributed by atoms with van der Waals surface area (Å²) in [7, 11) is 0. The molecule has 132 valence electrons. The third-order valence-electron chi connectivity index (χ3n) is 4.12. The summed E-state index contributed by atoms with van der Waals surface area (Å²) in [5.41, 5.74) is -0.592. The summed E-state index contributed by atoms with van der Waals surface area (Å²) in [5.74, 6) is 0.0327. The van der Waals surface area contributed by atoms with Crippen molar-refractivity contribution >= 4 is 44.6 Å². The highest BCUT2D eigenvalue weighted by atomic mass is 35.5. The molecule has 0 spiro atoms. The molecule has 0 radical (unpaired) electrons. The number of rotatable bonds is 4. The Morgan fingerprint density at radius 1 is 1.44 bits per heavy atom. The number of aliphatic hydroxyl groups is 1. The Morgan fingerprint density at radius 2 is 2.16 bits per heavy atom. The first-order valence-corrected chi connectivity index (χ1v) is 9.17. The second-order valence-electron chi connectivity index (χ2n) is 6.85. The summed E-state index contributed by atoms with van der Waals surface area (Å²) in [4.78, 5) is 24.9. The first kappa shape index (κ1) is 16.6. The number of amides is 1. The zero-order valence-electron chi connectivity index (χ0n) is 13.7. The standard InChI is InChI=1S/C16H17ClN4O3S/c1-16(2,24)15-19-20(7-13(22)18-8-3-4-8)14(23)10-5-11-9(21(10)15)6-12(17)25-11/h5-6,8,24H,3-4,7H2,1-2H3,(H,18,22). The third kappa shape index (κ3) is 2.94. The van der Waals surface area contributed by atoms with E-state index in [0.717, 1.165) is 27.7 Å². The highest BCUT2D eigenvalue weighted by Gasteiger charge is 2.28. The summed E-state index contributed by atoms with van der Waals surface area (Å²) in [6.07, 6.45) is 1.94. The number of thiophene rings is 1. The van der Waals surface area contributed by atoms with Crippen LogP contribution in [-0.2, 0) is 16.9 Å². The van der Waals surface area contributed by atoms with Gasteiger partial charge in [-0.25, -0.2) is 4.68 Å². The van der Waals surface area contributed by atoms with Crippen LogP contribution in [0.5, 0.6) is 0 Å². The van der Waals surface area contributed by atoms with Crippen LogP contribution in [0.15, 0.2) is 16.9 Å². The normalized spacial score (nSPS) is 15.2. The Kier molecular flexibility index (Phi) is 3.68. The number of nitrogens with one attached hydrogen (secondary N) is 1. The lowest BCUT2D eigenvalue weighted by molar-refractivity contribution is -0.122. The topological polar surface area (TPSA) is 88.6 Å². The molecule has 0 saturated heterocycles. The van der Waals surface area contributed by atoms with Crippen molar-refractivity contribution in [2.75, 3.05) is 0 Å². The number of fused-ring (bicyclic) bond motifs is 3. The Morgan fingerprint density at radius 3 is 2.80 bits per heavy atom. The van der Waals surface area contributed by atoms with Crippen molar-refractivity contribution in [1.82, 2.24) is 19.5 Å². The first-order chi connectivity index (χ1) is 11.7. The highest BCUT2D eigenvalue weighted by Crippen LogP contribution is 2.33. The van der Waals surface area contributed by atoms with Crippen LogP contribution in [0.2, 0.25) is 4.34 Å². The van der Waals surface area contributed by atoms with Crippen LogP contribution in [0.3, 0.4) is 0 Å². The molecule has 3 aromatic heterocycles. The van der Waals surface area contributed by atoms with Crippen molar-refractivity contribution in [3.8, 4) is 0 Å². The lowest BCUT2D eigenvalue weighted by Gasteiger charge is -2.20. The fourth-order valence-electron chi connectivity index (χ4n) is 2.82. The van der Waals surface area contributed by atoms with Gasteiger partial charge in [0.25, 0.3) is 5.56 Å². The molecule has 0 unspecified atom stereocenters. The van der Waals surface area contributed by atoms with Crippen LogP contribution >= 0.6 is 22.9 Å². The largest absolute Gasteiger partial charge is 0.382 e. The van der Waals surface area contributed by atoms with Gasteiger partial charge in [0.2, 0.25) is 5.91 Å². The molecular weight excluding hydrogens is 364 g/mol. The fraction of sp³-hybridized carbons (Fsp3) is 0.438. The minimum absolute atomic E-state index is 0.172. The van der Waals surface area contributed by atoms with E-state index in [-0.39, 0.29) is 29.9 Å². The van der Waals surface area contributed by atoms with Gasteiger partial charge < -0.3 is 10.4 Å². The summed E-state index contributed by atoms with van der Waals surface area (Å²) >= 11 is 7.42. The van der Waals surface area contributed by atoms with Gasteiger partial charge in [0, 0.05) is 6.04 Å². The van der Waals surface area contributed by atoms with Crippen molar-refractivity contribution in [2.24, 2.45) is 0 Å². The number of aromatic nitrogens is 3. The van der Waals surface area contributed by atoms with E-state index < -0.39 is 5.60 Å². The van der Waals surface area contributed by atoms with Gasteiger partial charge in [0.05, 0.1) is 14.6 Å². The average Bonchev–Trinajstić information content (AvgIpc) is 3.13. The van der Waals surface area contributed by atoms with Gasteiger partial charge >= 0.3 is 0 Å². The van der Waals surface area contributed by atoms with Crippen molar-refractivity contribution < 1.29 is 9.90 Å². The second-order valence-corrected chi connectivity index (χ2v) is 8.57. The van der Waals surface area contributed by atoms with Crippen LogP contribution in [-0.4, -0.2) is 31.2 Å². The smallest absolute Gasteiger partial charge is 0.291 e. The van der Waals surface area contributed by atoms with Crippen LogP contribution in [0.25, 0.3) is 15.7 Å². The molecule has 0 atom stereocenters. The highest BCUT2D eigenvalue weighted by molar-refractivity contribution is 7.22. The maximum atomic E-state index is 12.8. The molecule has 1 aliphatic carbocycles. The van der Waals surface area contributed by atoms with E-state index in [1.54, 1.807) is 30.4 Å². The Labute approximate surface area is 151 Å². The van der Waals surface area contributed by atoms with Crippen molar-refractivity contribution in [3.05, 3.63) is 32.6 Å². The predicted octanol–water partition coefficient (Wildman–Crippen LogP) is 1.87. The molecule has 1 aliphatic rings. The van der Waals surface area contributed by atoms with Crippen LogP contribution < -0.4 is 10.9 Å². The van der Waals surface area contributed by atoms with E-state index in [2.05, 4.69) is 10.4 Å². The summed E-state index contributed by atoms with van der Waals surface area (Å²) in [6, 6.07) is 3.68. The molecule has 25 heavy (non-hydrogen) atoms. The van der Waals surface area contributed by atoms with E-state index in [9.17, 15) is 14.7 Å². The molecular formula is C16H17ClN4O3S. The number of hydrogen-bond acceptors (Lipinski definition) is 5. The van der Waals surface area contributed by atoms with Crippen molar-refractivity contribution in [2.45, 2.75) is 44.9 Å². The number of nitrogens with zero attached hydrogens (tertiary/aromatic N) is 3. The first-order valence-electron chi connectivity index (χ1n) is 7.98. The molecule has 0 aliphatic heterocycles. The minimum atomic E-state index is -1.30. The van der Waals surface area contributed by atoms with Gasteiger partial charge in [-0.15, -0.1) is 11.3 Å². The van der Waals surface area contributed by atoms with Gasteiger partial charge in [0.15, 0.2) is 5.82 Å². The van der Waals surface area contributed by atoms with Crippen LogP contribution in [0.4, 0.5) is 0 Å². The monoisotopic (exact) mass is 380 g/mol. The van der Waals surface area contributed by atoms with E-state index in [4.69, 9.17) is 11.6 Å². The molecule has 3 aromatic rings. The summed E-state index contributed by atoms with van der Waals surface area (Å²) in [5, 5.41) is 17.7. The quantitative estimate of drug-likeness (QED) is 0.723. The van der Waals surface area contributed by atoms with E-state index in [1.807, 2.05) is 0 Å². The lowest BCUT2D eigenvalue weighted by Crippen LogP contribution is -2.38. The molecule has 1 amide bonds.